The minimum atomic E-state index is -1.45. The number of benzene rings is 1. The Kier molecular flexibility index (Phi) is 33.9. The third-order valence-corrected chi connectivity index (χ3v) is 16.6. The first-order valence-electron chi connectivity index (χ1n) is 32.2. The van der Waals surface area contributed by atoms with Crippen molar-refractivity contribution in [1.29, 1.82) is 0 Å². The van der Waals surface area contributed by atoms with Gasteiger partial charge in [-0.15, -0.1) is 0 Å². The standard InChI is InChI=1S/C60H100N16O15/c61-20-12-24-70-31-36-75(37-32-70)59-67-57(63-46-16-14-45(15-17-46)39-47-40-73(43-53(83)84)28-27-71(41-51(79)80)25-26-72(42-52(81)82)33-38-76(47)44-54(85)86)66-58(68-59)74-34-29-69(30-35-74)23-11-7-5-3-1-2-4-6-9-21-62-22-10-8-13-48(55(87)88)64-60(91)65-49(56(89)90)18-19-50(77)78/h14-17,47-49,62H,1-13,18-44,61H2,(H,77,78)(H,79,80)(H,81,82)(H,83,84)(H,85,86)(H,87,88)(H,89,90)(H2,64,65,91)(H,63,66,67,68)/t47?,48-,49-/m0/s1. The van der Waals surface area contributed by atoms with Crippen LogP contribution in [0.1, 0.15) is 102 Å². The number of rotatable bonds is 41. The van der Waals surface area contributed by atoms with E-state index in [1.165, 1.54) is 38.5 Å². The second-order valence-corrected chi connectivity index (χ2v) is 23.8. The molecule has 3 atom stereocenters. The molecule has 0 saturated carbocycles. The Morgan fingerprint density at radius 2 is 0.912 bits per heavy atom. The Balaban J connectivity index is 1.07. The fourth-order valence-corrected chi connectivity index (χ4v) is 11.5. The molecule has 1 aromatic carbocycles. The van der Waals surface area contributed by atoms with Crippen LogP contribution in [0.5, 0.6) is 0 Å². The molecule has 2 amide bonds. The first kappa shape index (κ1) is 74.6. The Hall–Kier alpha value is -7.13. The molecule has 31 nitrogen and oxygen atoms in total. The average Bonchev–Trinajstić information content (AvgIpc) is 2.36. The summed E-state index contributed by atoms with van der Waals surface area (Å²) in [5, 5.41) is 78.2. The van der Waals surface area contributed by atoms with E-state index in [-0.39, 0.29) is 84.8 Å². The molecule has 0 radical (unpaired) electrons. The average molecular weight is 1290 g/mol. The molecule has 91 heavy (non-hydrogen) atoms. The number of nitrogens with two attached hydrogens (primary N) is 1. The van der Waals surface area contributed by atoms with E-state index in [2.05, 4.69) is 40.9 Å². The molecule has 13 N–H and O–H groups in total. The molecule has 31 heteroatoms. The molecule has 5 rings (SSSR count). The number of carbonyl (C=O) groups is 8. The van der Waals surface area contributed by atoms with Gasteiger partial charge in [-0.1, -0.05) is 57.1 Å². The molecule has 1 aromatic heterocycles. The van der Waals surface area contributed by atoms with Gasteiger partial charge in [-0.2, -0.15) is 15.0 Å². The lowest BCUT2D eigenvalue weighted by atomic mass is 10.0. The van der Waals surface area contributed by atoms with Crippen molar-refractivity contribution in [3.8, 4) is 0 Å². The van der Waals surface area contributed by atoms with Crippen molar-refractivity contribution < 1.29 is 74.1 Å². The van der Waals surface area contributed by atoms with Crippen molar-refractivity contribution >= 4 is 71.3 Å². The van der Waals surface area contributed by atoms with Crippen LogP contribution in [0, 0.1) is 0 Å². The van der Waals surface area contributed by atoms with Crippen LogP contribution in [0.25, 0.3) is 0 Å². The zero-order valence-electron chi connectivity index (χ0n) is 52.7. The molecule has 3 fully saturated rings. The molecular weight excluding hydrogens is 1180 g/mol. The minimum absolute atomic E-state index is 0.156. The zero-order valence-corrected chi connectivity index (χ0v) is 52.7. The van der Waals surface area contributed by atoms with Crippen LogP contribution in [-0.4, -0.2) is 303 Å². The van der Waals surface area contributed by atoms with Crippen LogP contribution < -0.4 is 36.8 Å². The van der Waals surface area contributed by atoms with Crippen molar-refractivity contribution in [1.82, 2.24) is 60.3 Å². The van der Waals surface area contributed by atoms with E-state index in [0.717, 1.165) is 103 Å². The molecule has 4 heterocycles. The smallest absolute Gasteiger partial charge is 0.326 e. The van der Waals surface area contributed by atoms with E-state index in [0.29, 0.717) is 55.9 Å². The van der Waals surface area contributed by atoms with Gasteiger partial charge in [-0.05, 0) is 102 Å². The number of unbranched alkanes of at least 4 members (excludes halogenated alkanes) is 9. The quantitative estimate of drug-likeness (QED) is 0.0414. The maximum absolute atomic E-state index is 12.3. The molecule has 3 aliphatic heterocycles. The summed E-state index contributed by atoms with van der Waals surface area (Å²) in [7, 11) is 0. The number of amides is 2. The number of urea groups is 1. The highest BCUT2D eigenvalue weighted by Crippen LogP contribution is 2.24. The second kappa shape index (κ2) is 41.4. The van der Waals surface area contributed by atoms with Crippen molar-refractivity contribution in [2.75, 3.05) is 172 Å². The summed E-state index contributed by atoms with van der Waals surface area (Å²) in [4.78, 5) is 125. The number of carbonyl (C=O) groups excluding carboxylic acids is 1. The summed E-state index contributed by atoms with van der Waals surface area (Å²) in [6.45, 7) is 10.7. The minimum Gasteiger partial charge on any atom is -0.481 e. The van der Waals surface area contributed by atoms with E-state index >= 15 is 0 Å². The SMILES string of the molecule is NCCCN1CCN(c2nc(Nc3ccc(CC4CN(CC(=O)O)CCN(CC(=O)O)CCN(CC(=O)O)CCN4CC(=O)O)cc3)nc(N3CCN(CCCCCCCCCCCNCCCC[C@H](NC(=O)N[C@@H](CCC(=O)O)C(=O)O)C(=O)O)CC3)n2)CC1. The topological polar surface area (TPSA) is 417 Å². The van der Waals surface area contributed by atoms with Gasteiger partial charge in [0.15, 0.2) is 0 Å². The maximum Gasteiger partial charge on any atom is 0.326 e. The number of carboxylic acids is 7. The summed E-state index contributed by atoms with van der Waals surface area (Å²) in [5.41, 5.74) is 7.37. The Labute approximate surface area is 532 Å². The summed E-state index contributed by atoms with van der Waals surface area (Å²) >= 11 is 0. The highest BCUT2D eigenvalue weighted by molar-refractivity contribution is 5.86. The maximum atomic E-state index is 12.3. The number of aliphatic carboxylic acids is 7. The fourth-order valence-electron chi connectivity index (χ4n) is 11.5. The third kappa shape index (κ3) is 30.2. The summed E-state index contributed by atoms with van der Waals surface area (Å²) < 4.78 is 0. The van der Waals surface area contributed by atoms with Gasteiger partial charge in [0.2, 0.25) is 17.8 Å². The number of aromatic nitrogens is 3. The molecule has 1 unspecified atom stereocenters. The molecule has 3 aliphatic rings. The van der Waals surface area contributed by atoms with Gasteiger partial charge in [0.05, 0.1) is 26.2 Å². The largest absolute Gasteiger partial charge is 0.481 e. The van der Waals surface area contributed by atoms with E-state index in [1.807, 2.05) is 24.3 Å². The van der Waals surface area contributed by atoms with Crippen LogP contribution in [0.4, 0.5) is 28.3 Å². The highest BCUT2D eigenvalue weighted by atomic mass is 16.4. The predicted octanol–water partition coefficient (Wildman–Crippen LogP) is 1.02. The van der Waals surface area contributed by atoms with Gasteiger partial charge >= 0.3 is 47.8 Å². The number of nitrogens with one attached hydrogen (secondary N) is 4. The first-order chi connectivity index (χ1) is 43.7. The molecule has 510 valence electrons. The summed E-state index contributed by atoms with van der Waals surface area (Å²) in [5.74, 6) is -6.57. The molecule has 0 bridgehead atoms. The van der Waals surface area contributed by atoms with Crippen LogP contribution in [0.2, 0.25) is 0 Å². The number of hydrogen-bond acceptors (Lipinski definition) is 22. The lowest BCUT2D eigenvalue weighted by Crippen LogP contribution is -2.53. The molecule has 3 saturated heterocycles. The van der Waals surface area contributed by atoms with E-state index < -0.39 is 72.4 Å². The lowest BCUT2D eigenvalue weighted by Gasteiger charge is -2.37. The van der Waals surface area contributed by atoms with Gasteiger partial charge in [0, 0.05) is 116 Å². The number of carboxylic acid groups (broad SMARTS) is 7. The zero-order chi connectivity index (χ0) is 65.9. The van der Waals surface area contributed by atoms with Crippen molar-refractivity contribution in [2.24, 2.45) is 5.73 Å². The molecular formula is C60H100N16O15. The van der Waals surface area contributed by atoms with Crippen LogP contribution in [-0.2, 0) is 40.0 Å². The van der Waals surface area contributed by atoms with Gasteiger partial charge in [-0.3, -0.25) is 53.4 Å². The van der Waals surface area contributed by atoms with Crippen LogP contribution in [0.3, 0.4) is 0 Å². The van der Waals surface area contributed by atoms with Gasteiger partial charge in [0.1, 0.15) is 12.1 Å². The van der Waals surface area contributed by atoms with Gasteiger partial charge < -0.3 is 72.5 Å². The lowest BCUT2D eigenvalue weighted by molar-refractivity contribution is -0.142. The third-order valence-electron chi connectivity index (χ3n) is 16.6. The van der Waals surface area contributed by atoms with Crippen LogP contribution >= 0.6 is 0 Å². The normalized spacial score (nSPS) is 17.9. The van der Waals surface area contributed by atoms with Gasteiger partial charge in [0.25, 0.3) is 0 Å². The van der Waals surface area contributed by atoms with Crippen molar-refractivity contribution in [2.45, 2.75) is 121 Å². The first-order valence-corrected chi connectivity index (χ1v) is 32.2. The summed E-state index contributed by atoms with van der Waals surface area (Å²) in [6, 6.07) is 3.49. The Morgan fingerprint density at radius 1 is 0.473 bits per heavy atom. The van der Waals surface area contributed by atoms with Crippen molar-refractivity contribution in [3.63, 3.8) is 0 Å². The van der Waals surface area contributed by atoms with E-state index in [4.69, 9.17) is 25.8 Å². The van der Waals surface area contributed by atoms with Crippen LogP contribution in [0.15, 0.2) is 24.3 Å². The van der Waals surface area contributed by atoms with Gasteiger partial charge in [-0.25, -0.2) is 14.4 Å². The van der Waals surface area contributed by atoms with Crippen molar-refractivity contribution in [3.05, 3.63) is 29.8 Å². The number of anilines is 4. The molecule has 0 aliphatic carbocycles. The molecule has 2 aromatic rings. The second-order valence-electron chi connectivity index (χ2n) is 23.8. The Bertz CT molecular complexity index is 2560. The number of hydrogen-bond donors (Lipinski definition) is 12. The fraction of sp³-hybridized carbons (Fsp3) is 0.717. The molecule has 0 spiro atoms. The van der Waals surface area contributed by atoms with E-state index in [1.54, 1.807) is 19.6 Å². The number of nitrogens with zero attached hydrogens (tertiary/aromatic N) is 11. The Morgan fingerprint density at radius 3 is 1.41 bits per heavy atom. The summed E-state index contributed by atoms with van der Waals surface area (Å²) in [6.07, 6.45) is 12.3. The highest BCUT2D eigenvalue weighted by Gasteiger charge is 2.30. The number of piperazine rings is 2. The van der Waals surface area contributed by atoms with E-state index in [9.17, 15) is 69.0 Å². The monoisotopic (exact) mass is 1280 g/mol. The predicted molar refractivity (Wildman–Crippen MR) is 339 cm³/mol.